The van der Waals surface area contributed by atoms with E-state index in [2.05, 4.69) is 10.4 Å². The molecule has 0 radical (unpaired) electrons. The molecule has 0 spiro atoms. The monoisotopic (exact) mass is 495 g/mol. The molecule has 1 aromatic heterocycles. The fourth-order valence-corrected chi connectivity index (χ4v) is 3.61. The Hall–Kier alpha value is -3.48. The molecule has 4 rings (SSSR count). The summed E-state index contributed by atoms with van der Waals surface area (Å²) in [7, 11) is 0. The van der Waals surface area contributed by atoms with Crippen molar-refractivity contribution in [2.75, 3.05) is 11.9 Å². The molecule has 1 amide bonds. The topological polar surface area (TPSA) is 65.4 Å². The molecule has 8 heteroatoms. The average Bonchev–Trinajstić information content (AvgIpc) is 3.18. The highest BCUT2D eigenvalue weighted by molar-refractivity contribution is 6.33. The van der Waals surface area contributed by atoms with Crippen LogP contribution >= 0.6 is 23.2 Å². The zero-order valence-corrected chi connectivity index (χ0v) is 20.0. The minimum absolute atomic E-state index is 0.302. The summed E-state index contributed by atoms with van der Waals surface area (Å²) in [4.78, 5) is 12.8. The second kappa shape index (κ2) is 11.1. The summed E-state index contributed by atoms with van der Waals surface area (Å²) in [6, 6.07) is 22.1. The molecule has 4 aromatic rings. The number of anilines is 1. The molecular formula is C26H23Cl2N3O3. The summed E-state index contributed by atoms with van der Waals surface area (Å²) in [6.07, 6.45) is 1.67. The van der Waals surface area contributed by atoms with Crippen LogP contribution in [-0.2, 0) is 13.2 Å². The number of amides is 1. The third-order valence-corrected chi connectivity index (χ3v) is 5.46. The van der Waals surface area contributed by atoms with Gasteiger partial charge in [0.1, 0.15) is 23.1 Å². The summed E-state index contributed by atoms with van der Waals surface area (Å²) in [5.74, 6) is 1.51. The summed E-state index contributed by atoms with van der Waals surface area (Å²) < 4.78 is 12.9. The van der Waals surface area contributed by atoms with Gasteiger partial charge in [-0.25, -0.2) is 0 Å². The zero-order valence-electron chi connectivity index (χ0n) is 18.5. The first-order chi connectivity index (χ1) is 16.5. The van der Waals surface area contributed by atoms with Gasteiger partial charge in [-0.3, -0.25) is 9.48 Å². The first-order valence-corrected chi connectivity index (χ1v) is 11.5. The van der Waals surface area contributed by atoms with Gasteiger partial charge in [0.2, 0.25) is 0 Å². The highest BCUT2D eigenvalue weighted by Crippen LogP contribution is 2.22. The predicted octanol–water partition coefficient (Wildman–Crippen LogP) is 6.47. The number of nitrogens with one attached hydrogen (secondary N) is 1. The van der Waals surface area contributed by atoms with Crippen molar-refractivity contribution in [2.45, 2.75) is 20.1 Å². The van der Waals surface area contributed by atoms with E-state index < -0.39 is 0 Å². The Kier molecular flexibility index (Phi) is 7.72. The van der Waals surface area contributed by atoms with E-state index >= 15 is 0 Å². The van der Waals surface area contributed by atoms with Crippen LogP contribution in [0.3, 0.4) is 0 Å². The number of hydrogen-bond donors (Lipinski definition) is 1. The highest BCUT2D eigenvalue weighted by atomic mass is 35.5. The molecule has 1 N–H and O–H groups in total. The van der Waals surface area contributed by atoms with Crippen molar-refractivity contribution < 1.29 is 14.3 Å². The van der Waals surface area contributed by atoms with Crippen LogP contribution in [0.4, 0.5) is 5.82 Å². The van der Waals surface area contributed by atoms with Crippen molar-refractivity contribution in [1.29, 1.82) is 0 Å². The Morgan fingerprint density at radius 2 is 1.65 bits per heavy atom. The van der Waals surface area contributed by atoms with Crippen LogP contribution in [-0.4, -0.2) is 22.3 Å². The number of carbonyl (C=O) groups excluding carboxylic acids is 1. The van der Waals surface area contributed by atoms with Crippen LogP contribution in [0.15, 0.2) is 79.0 Å². The number of carbonyl (C=O) groups is 1. The van der Waals surface area contributed by atoms with E-state index in [0.29, 0.717) is 41.2 Å². The molecule has 0 aliphatic rings. The molecule has 174 valence electrons. The SMILES string of the molecule is CCOc1ccc(OCc2cccc(C(=O)Nc3nn(Cc4ccc(Cl)cc4)cc3Cl)c2)cc1. The smallest absolute Gasteiger partial charge is 0.256 e. The van der Waals surface area contributed by atoms with E-state index in [1.807, 2.05) is 67.6 Å². The van der Waals surface area contributed by atoms with Crippen molar-refractivity contribution in [3.63, 3.8) is 0 Å². The number of halogens is 2. The summed E-state index contributed by atoms with van der Waals surface area (Å²) in [5.41, 5.74) is 2.36. The Morgan fingerprint density at radius 3 is 2.35 bits per heavy atom. The zero-order chi connectivity index (χ0) is 23.9. The van der Waals surface area contributed by atoms with Gasteiger partial charge in [-0.2, -0.15) is 5.10 Å². The number of ether oxygens (including phenoxy) is 2. The first-order valence-electron chi connectivity index (χ1n) is 10.7. The van der Waals surface area contributed by atoms with Gasteiger partial charge in [-0.05, 0) is 66.6 Å². The fraction of sp³-hybridized carbons (Fsp3) is 0.154. The second-order valence-electron chi connectivity index (χ2n) is 7.50. The van der Waals surface area contributed by atoms with Crippen LogP contribution in [0.25, 0.3) is 0 Å². The number of nitrogens with zero attached hydrogens (tertiary/aromatic N) is 2. The van der Waals surface area contributed by atoms with Gasteiger partial charge in [-0.15, -0.1) is 0 Å². The number of hydrogen-bond acceptors (Lipinski definition) is 4. The first kappa shape index (κ1) is 23.7. The summed E-state index contributed by atoms with van der Waals surface area (Å²) in [5, 5.41) is 8.21. The maximum absolute atomic E-state index is 12.8. The van der Waals surface area contributed by atoms with Crippen molar-refractivity contribution in [3.8, 4) is 11.5 Å². The predicted molar refractivity (Wildman–Crippen MR) is 134 cm³/mol. The van der Waals surface area contributed by atoms with Crippen molar-refractivity contribution in [3.05, 3.63) is 106 Å². The van der Waals surface area contributed by atoms with E-state index in [1.165, 1.54) is 0 Å². The summed E-state index contributed by atoms with van der Waals surface area (Å²) in [6.45, 7) is 3.38. The van der Waals surface area contributed by atoms with E-state index in [0.717, 1.165) is 22.6 Å². The molecule has 0 aliphatic carbocycles. The maximum atomic E-state index is 12.8. The van der Waals surface area contributed by atoms with E-state index in [-0.39, 0.29) is 5.91 Å². The molecule has 1 heterocycles. The lowest BCUT2D eigenvalue weighted by molar-refractivity contribution is 0.102. The number of benzene rings is 3. The van der Waals surface area contributed by atoms with E-state index in [1.54, 1.807) is 23.0 Å². The highest BCUT2D eigenvalue weighted by Gasteiger charge is 2.13. The Bertz CT molecular complexity index is 1260. The largest absolute Gasteiger partial charge is 0.494 e. The van der Waals surface area contributed by atoms with Gasteiger partial charge in [0.25, 0.3) is 5.91 Å². The molecule has 0 unspecified atom stereocenters. The van der Waals surface area contributed by atoms with Crippen LogP contribution < -0.4 is 14.8 Å². The third-order valence-electron chi connectivity index (χ3n) is 4.94. The van der Waals surface area contributed by atoms with Gasteiger partial charge >= 0.3 is 0 Å². The molecule has 3 aromatic carbocycles. The van der Waals surface area contributed by atoms with Gasteiger partial charge in [-0.1, -0.05) is 47.5 Å². The quantitative estimate of drug-likeness (QED) is 0.289. The molecule has 0 fully saturated rings. The van der Waals surface area contributed by atoms with Crippen molar-refractivity contribution in [2.24, 2.45) is 0 Å². The molecular weight excluding hydrogens is 473 g/mol. The van der Waals surface area contributed by atoms with Crippen molar-refractivity contribution in [1.82, 2.24) is 9.78 Å². The Labute approximate surface area is 208 Å². The molecule has 0 atom stereocenters. The van der Waals surface area contributed by atoms with E-state index in [9.17, 15) is 4.79 Å². The molecule has 0 saturated heterocycles. The van der Waals surface area contributed by atoms with Gasteiger partial charge < -0.3 is 14.8 Å². The minimum atomic E-state index is -0.304. The van der Waals surface area contributed by atoms with Gasteiger partial charge in [0.15, 0.2) is 5.82 Å². The third kappa shape index (κ3) is 6.31. The van der Waals surface area contributed by atoms with Crippen LogP contribution in [0.2, 0.25) is 10.0 Å². The minimum Gasteiger partial charge on any atom is -0.494 e. The molecule has 0 bridgehead atoms. The van der Waals surface area contributed by atoms with E-state index in [4.69, 9.17) is 32.7 Å². The van der Waals surface area contributed by atoms with Gasteiger partial charge in [0.05, 0.1) is 13.2 Å². The van der Waals surface area contributed by atoms with Crippen LogP contribution in [0.1, 0.15) is 28.4 Å². The van der Waals surface area contributed by atoms with Crippen LogP contribution in [0.5, 0.6) is 11.5 Å². The Morgan fingerprint density at radius 1 is 0.941 bits per heavy atom. The van der Waals surface area contributed by atoms with Gasteiger partial charge in [0, 0.05) is 16.8 Å². The van der Waals surface area contributed by atoms with Crippen LogP contribution in [0, 0.1) is 0 Å². The standard InChI is InChI=1S/C26H23Cl2N3O3/c1-2-33-22-10-12-23(13-11-22)34-17-19-4-3-5-20(14-19)26(32)29-25-24(28)16-31(30-25)15-18-6-8-21(27)9-7-18/h3-14,16H,2,15,17H2,1H3,(H,29,30,32). The normalized spacial score (nSPS) is 10.7. The molecule has 34 heavy (non-hydrogen) atoms. The fourth-order valence-electron chi connectivity index (χ4n) is 3.29. The lowest BCUT2D eigenvalue weighted by Gasteiger charge is -2.09. The summed E-state index contributed by atoms with van der Waals surface area (Å²) >= 11 is 12.2. The maximum Gasteiger partial charge on any atom is 0.256 e. The lowest BCUT2D eigenvalue weighted by atomic mass is 10.1. The molecule has 0 saturated carbocycles. The number of aromatic nitrogens is 2. The molecule has 6 nitrogen and oxygen atoms in total. The Balaban J connectivity index is 1.37. The van der Waals surface area contributed by atoms with Crippen molar-refractivity contribution >= 4 is 34.9 Å². The lowest BCUT2D eigenvalue weighted by Crippen LogP contribution is -2.13. The second-order valence-corrected chi connectivity index (χ2v) is 8.34. The molecule has 0 aliphatic heterocycles. The average molecular weight is 496 g/mol. The number of rotatable bonds is 9.